The molecular weight excluding hydrogens is 292 g/mol. The normalized spacial score (nSPS) is 28.4. The Balaban J connectivity index is 1.89. The number of fused-ring (bicyclic) bond motifs is 1. The summed E-state index contributed by atoms with van der Waals surface area (Å²) in [5.74, 6) is 1.01. The van der Waals surface area contributed by atoms with Crippen molar-refractivity contribution in [2.75, 3.05) is 0 Å². The summed E-state index contributed by atoms with van der Waals surface area (Å²) >= 11 is 3.45. The molecule has 1 fully saturated rings. The monoisotopic (exact) mass is 306 g/mol. The molecule has 0 spiro atoms. The number of carbonyl (C=O) groups excluding carboxylic acids is 1. The van der Waals surface area contributed by atoms with Gasteiger partial charge in [-0.3, -0.25) is 4.79 Å². The van der Waals surface area contributed by atoms with Crippen molar-refractivity contribution in [1.82, 2.24) is 0 Å². The second-order valence-corrected chi connectivity index (χ2v) is 6.05. The van der Waals surface area contributed by atoms with E-state index in [-0.39, 0.29) is 10.7 Å². The van der Waals surface area contributed by atoms with Crippen LogP contribution in [0.15, 0.2) is 33.8 Å². The minimum atomic E-state index is -0.130. The minimum Gasteiger partial charge on any atom is -0.267 e. The predicted molar refractivity (Wildman–Crippen MR) is 76.4 cm³/mol. The number of hydrogen-bond acceptors (Lipinski definition) is 2. The molecule has 0 bridgehead atoms. The standard InChI is InChI=1S/C14H15BrN2O/c15-10-6-7-12-11(8-10)14(18)17-13(16-12)9-4-2-1-3-5-9/h6-10H,1-5H2. The van der Waals surface area contributed by atoms with Gasteiger partial charge in [-0.15, -0.1) is 0 Å². The van der Waals surface area contributed by atoms with E-state index in [1.807, 2.05) is 18.2 Å². The third-order valence-electron chi connectivity index (χ3n) is 3.69. The zero-order chi connectivity index (χ0) is 12.5. The largest absolute Gasteiger partial charge is 0.280 e. The Morgan fingerprint density at radius 2 is 1.94 bits per heavy atom. The lowest BCUT2D eigenvalue weighted by Crippen LogP contribution is -2.26. The van der Waals surface area contributed by atoms with Gasteiger partial charge in [0.15, 0.2) is 0 Å². The van der Waals surface area contributed by atoms with Crippen LogP contribution in [0.5, 0.6) is 0 Å². The number of halogens is 1. The van der Waals surface area contributed by atoms with Gasteiger partial charge in [0.05, 0.1) is 16.1 Å². The van der Waals surface area contributed by atoms with Crippen LogP contribution in [-0.2, 0) is 4.79 Å². The fourth-order valence-corrected chi connectivity index (χ4v) is 3.12. The molecule has 3 nitrogen and oxygen atoms in total. The molecule has 1 heterocycles. The third kappa shape index (κ3) is 2.26. The molecule has 0 aromatic rings. The van der Waals surface area contributed by atoms with E-state index in [2.05, 4.69) is 25.9 Å². The predicted octanol–water partition coefficient (Wildman–Crippen LogP) is 3.21. The molecule has 4 heteroatoms. The van der Waals surface area contributed by atoms with Gasteiger partial charge in [-0.05, 0) is 18.9 Å². The molecule has 94 valence electrons. The van der Waals surface area contributed by atoms with Crippen molar-refractivity contribution in [2.24, 2.45) is 15.9 Å². The molecule has 18 heavy (non-hydrogen) atoms. The highest BCUT2D eigenvalue weighted by atomic mass is 79.9. The van der Waals surface area contributed by atoms with Gasteiger partial charge in [0.25, 0.3) is 5.91 Å². The lowest BCUT2D eigenvalue weighted by atomic mass is 9.87. The van der Waals surface area contributed by atoms with E-state index in [0.29, 0.717) is 11.5 Å². The molecule has 3 aliphatic rings. The van der Waals surface area contributed by atoms with E-state index >= 15 is 0 Å². The number of allylic oxidation sites excluding steroid dienone is 3. The molecule has 1 unspecified atom stereocenters. The second kappa shape index (κ2) is 4.92. The first-order chi connectivity index (χ1) is 8.74. The number of rotatable bonds is 1. The maximum absolute atomic E-state index is 12.0. The highest BCUT2D eigenvalue weighted by Gasteiger charge is 2.27. The first kappa shape index (κ1) is 12.0. The molecule has 0 N–H and O–H groups in total. The molecule has 3 rings (SSSR count). The Hall–Kier alpha value is -1.03. The van der Waals surface area contributed by atoms with Crippen molar-refractivity contribution in [3.63, 3.8) is 0 Å². The average Bonchev–Trinajstić information content (AvgIpc) is 2.40. The number of carbonyl (C=O) groups is 1. The van der Waals surface area contributed by atoms with Crippen LogP contribution in [-0.4, -0.2) is 22.3 Å². The highest BCUT2D eigenvalue weighted by molar-refractivity contribution is 9.09. The summed E-state index contributed by atoms with van der Waals surface area (Å²) in [5, 5.41) is 0. The molecule has 1 atom stereocenters. The van der Waals surface area contributed by atoms with E-state index in [0.717, 1.165) is 24.4 Å². The Kier molecular flexibility index (Phi) is 3.29. The summed E-state index contributed by atoms with van der Waals surface area (Å²) in [7, 11) is 0. The molecule has 0 radical (unpaired) electrons. The average molecular weight is 307 g/mol. The lowest BCUT2D eigenvalue weighted by molar-refractivity contribution is -0.114. The Morgan fingerprint density at radius 3 is 2.72 bits per heavy atom. The molecule has 0 aromatic heterocycles. The van der Waals surface area contributed by atoms with Gasteiger partial charge in [-0.1, -0.05) is 47.3 Å². The first-order valence-corrected chi connectivity index (χ1v) is 7.41. The van der Waals surface area contributed by atoms with E-state index in [1.165, 1.54) is 19.3 Å². The molecule has 1 aliphatic heterocycles. The van der Waals surface area contributed by atoms with Crippen molar-refractivity contribution in [2.45, 2.75) is 36.9 Å². The van der Waals surface area contributed by atoms with E-state index in [9.17, 15) is 4.79 Å². The summed E-state index contributed by atoms with van der Waals surface area (Å²) < 4.78 is 0. The minimum absolute atomic E-state index is 0.113. The maximum Gasteiger partial charge on any atom is 0.280 e. The van der Waals surface area contributed by atoms with Crippen molar-refractivity contribution in [1.29, 1.82) is 0 Å². The van der Waals surface area contributed by atoms with E-state index in [1.54, 1.807) is 0 Å². The fourth-order valence-electron chi connectivity index (χ4n) is 2.71. The number of nitrogens with zero attached hydrogens (tertiary/aromatic N) is 2. The SMILES string of the molecule is O=C1N=C(C2CCCCC2)N=C2C=CC(Br)C=C12. The molecular formula is C14H15BrN2O. The van der Waals surface area contributed by atoms with Crippen LogP contribution in [0.4, 0.5) is 0 Å². The topological polar surface area (TPSA) is 41.8 Å². The van der Waals surface area contributed by atoms with Gasteiger partial charge in [0.2, 0.25) is 0 Å². The molecule has 2 aliphatic carbocycles. The molecule has 0 aromatic carbocycles. The summed E-state index contributed by atoms with van der Waals surface area (Å²) in [4.78, 5) is 20.9. The summed E-state index contributed by atoms with van der Waals surface area (Å²) in [6.07, 6.45) is 11.8. The summed E-state index contributed by atoms with van der Waals surface area (Å²) in [6.45, 7) is 0. The van der Waals surface area contributed by atoms with Crippen LogP contribution in [0.3, 0.4) is 0 Å². The fraction of sp³-hybridized carbons (Fsp3) is 0.500. The Labute approximate surface area is 115 Å². The number of alkyl halides is 1. The first-order valence-electron chi connectivity index (χ1n) is 6.50. The quantitative estimate of drug-likeness (QED) is 0.686. The highest BCUT2D eigenvalue weighted by Crippen LogP contribution is 2.28. The van der Waals surface area contributed by atoms with E-state index in [4.69, 9.17) is 0 Å². The second-order valence-electron chi connectivity index (χ2n) is 4.99. The van der Waals surface area contributed by atoms with Crippen LogP contribution < -0.4 is 0 Å². The van der Waals surface area contributed by atoms with Gasteiger partial charge in [-0.2, -0.15) is 4.99 Å². The zero-order valence-corrected chi connectivity index (χ0v) is 11.7. The number of amidine groups is 1. The van der Waals surface area contributed by atoms with Gasteiger partial charge in [0.1, 0.15) is 5.84 Å². The summed E-state index contributed by atoms with van der Waals surface area (Å²) in [5.41, 5.74) is 1.42. The van der Waals surface area contributed by atoms with Crippen molar-refractivity contribution >= 4 is 33.4 Å². The van der Waals surface area contributed by atoms with Gasteiger partial charge >= 0.3 is 0 Å². The van der Waals surface area contributed by atoms with Gasteiger partial charge in [-0.25, -0.2) is 4.99 Å². The van der Waals surface area contributed by atoms with Crippen LogP contribution >= 0.6 is 15.9 Å². The van der Waals surface area contributed by atoms with Crippen molar-refractivity contribution < 1.29 is 4.79 Å². The Morgan fingerprint density at radius 1 is 1.17 bits per heavy atom. The lowest BCUT2D eigenvalue weighted by Gasteiger charge is -2.24. The van der Waals surface area contributed by atoms with Crippen molar-refractivity contribution in [3.05, 3.63) is 23.8 Å². The van der Waals surface area contributed by atoms with Gasteiger partial charge in [0, 0.05) is 5.92 Å². The summed E-state index contributed by atoms with van der Waals surface area (Å²) in [6, 6.07) is 0. The van der Waals surface area contributed by atoms with Gasteiger partial charge < -0.3 is 0 Å². The number of aliphatic imine (C=N–C) groups is 2. The van der Waals surface area contributed by atoms with Crippen LogP contribution in [0.2, 0.25) is 0 Å². The molecule has 0 saturated heterocycles. The molecule has 1 saturated carbocycles. The van der Waals surface area contributed by atoms with Crippen LogP contribution in [0.1, 0.15) is 32.1 Å². The Bertz CT molecular complexity index is 496. The molecule has 1 amide bonds. The maximum atomic E-state index is 12.0. The smallest absolute Gasteiger partial charge is 0.267 e. The van der Waals surface area contributed by atoms with E-state index < -0.39 is 0 Å². The number of hydrogen-bond donors (Lipinski definition) is 0. The third-order valence-corrected chi connectivity index (χ3v) is 4.26. The van der Waals surface area contributed by atoms with Crippen molar-refractivity contribution in [3.8, 4) is 0 Å². The zero-order valence-electron chi connectivity index (χ0n) is 10.1. The number of amides is 1. The van der Waals surface area contributed by atoms with Crippen LogP contribution in [0, 0.1) is 5.92 Å². The van der Waals surface area contributed by atoms with Crippen LogP contribution in [0.25, 0.3) is 0 Å².